The molecule has 34 heavy (non-hydrogen) atoms. The number of piperazine rings is 1. The van der Waals surface area contributed by atoms with Gasteiger partial charge in [0.2, 0.25) is 0 Å². The van der Waals surface area contributed by atoms with E-state index in [0.29, 0.717) is 38.6 Å². The fourth-order valence-electron chi connectivity index (χ4n) is 3.90. The summed E-state index contributed by atoms with van der Waals surface area (Å²) in [5.41, 5.74) is 1.03. The van der Waals surface area contributed by atoms with Crippen molar-refractivity contribution in [2.45, 2.75) is 13.3 Å². The highest BCUT2D eigenvalue weighted by molar-refractivity contribution is 7.22. The Balaban J connectivity index is 1.28. The molecular weight excluding hydrogens is 477 g/mol. The molecule has 0 saturated carbocycles. The fraction of sp³-hybridized carbons (Fsp3) is 0.435. The van der Waals surface area contributed by atoms with Crippen molar-refractivity contribution in [2.24, 2.45) is 0 Å². The van der Waals surface area contributed by atoms with Crippen molar-refractivity contribution in [3.63, 3.8) is 0 Å². The smallest absolute Gasteiger partial charge is 0.321 e. The lowest BCUT2D eigenvalue weighted by Crippen LogP contribution is -2.46. The molecule has 0 aliphatic carbocycles. The quantitative estimate of drug-likeness (QED) is 0.442. The Hall–Kier alpha value is -2.53. The molecule has 2 aromatic heterocycles. The van der Waals surface area contributed by atoms with Gasteiger partial charge in [0.25, 0.3) is 0 Å². The largest absolute Gasteiger partial charge is 0.338 e. The molecule has 1 aromatic carbocycles. The van der Waals surface area contributed by atoms with E-state index in [2.05, 4.69) is 37.3 Å². The van der Waals surface area contributed by atoms with Crippen LogP contribution < -0.4 is 15.5 Å². The number of halogens is 2. The van der Waals surface area contributed by atoms with E-state index in [9.17, 15) is 9.18 Å². The molecule has 3 heterocycles. The average Bonchev–Trinajstić information content (AvgIpc) is 3.23. The number of hydrogen-bond acceptors (Lipinski definition) is 7. The minimum absolute atomic E-state index is 0.282. The normalized spacial score (nSPS) is 14.9. The Morgan fingerprint density at radius 2 is 1.94 bits per heavy atom. The van der Waals surface area contributed by atoms with Crippen LogP contribution in [0.2, 0.25) is 5.02 Å². The van der Waals surface area contributed by atoms with Gasteiger partial charge in [0.05, 0.1) is 5.69 Å². The number of amides is 2. The van der Waals surface area contributed by atoms with Crippen LogP contribution >= 0.6 is 22.9 Å². The predicted octanol–water partition coefficient (Wildman–Crippen LogP) is 4.40. The molecule has 182 valence electrons. The number of likely N-dealkylation sites (N-methyl/N-ethyl adjacent to an activating group) is 1. The van der Waals surface area contributed by atoms with E-state index in [1.807, 2.05) is 0 Å². The van der Waals surface area contributed by atoms with E-state index in [1.54, 1.807) is 36.2 Å². The third-order valence-electron chi connectivity index (χ3n) is 5.92. The van der Waals surface area contributed by atoms with Crippen molar-refractivity contribution in [1.29, 1.82) is 0 Å². The highest BCUT2D eigenvalue weighted by atomic mass is 35.5. The first kappa shape index (κ1) is 24.6. The zero-order chi connectivity index (χ0) is 24.1. The Morgan fingerprint density at radius 3 is 2.68 bits per heavy atom. The van der Waals surface area contributed by atoms with Crippen LogP contribution in [0.4, 0.5) is 25.8 Å². The van der Waals surface area contributed by atoms with Crippen LogP contribution in [0, 0.1) is 5.82 Å². The number of carbonyl (C=O) groups excluding carboxylic acids is 1. The third kappa shape index (κ3) is 6.12. The van der Waals surface area contributed by atoms with Gasteiger partial charge in [-0.25, -0.2) is 19.2 Å². The van der Waals surface area contributed by atoms with Crippen molar-refractivity contribution in [3.05, 3.63) is 41.2 Å². The van der Waals surface area contributed by atoms with E-state index in [0.717, 1.165) is 45.7 Å². The number of carbonyl (C=O) groups is 1. The Morgan fingerprint density at radius 1 is 1.18 bits per heavy atom. The first-order chi connectivity index (χ1) is 16.4. The van der Waals surface area contributed by atoms with Crippen LogP contribution in [0.3, 0.4) is 0 Å². The van der Waals surface area contributed by atoms with Crippen LogP contribution in [0.25, 0.3) is 10.3 Å². The molecular formula is C23H29ClFN7OS. The van der Waals surface area contributed by atoms with Gasteiger partial charge in [0.15, 0.2) is 5.13 Å². The van der Waals surface area contributed by atoms with Crippen molar-refractivity contribution in [1.82, 2.24) is 25.1 Å². The number of nitrogens with zero attached hydrogens (tertiary/aromatic N) is 5. The summed E-state index contributed by atoms with van der Waals surface area (Å²) in [5, 5.41) is 6.49. The van der Waals surface area contributed by atoms with Gasteiger partial charge in [0.1, 0.15) is 22.0 Å². The fourth-order valence-corrected chi connectivity index (χ4v) is 4.89. The first-order valence-corrected chi connectivity index (χ1v) is 12.6. The lowest BCUT2D eigenvalue weighted by Gasteiger charge is -2.33. The molecule has 0 radical (unpaired) electrons. The van der Waals surface area contributed by atoms with Gasteiger partial charge in [0, 0.05) is 44.8 Å². The maximum atomic E-state index is 14.3. The summed E-state index contributed by atoms with van der Waals surface area (Å²) >= 11 is 7.13. The number of urea groups is 1. The first-order valence-electron chi connectivity index (χ1n) is 11.4. The standard InChI is InChI=1S/C23H29ClFN7OS/c1-3-31-11-13-32(14-12-31)10-4-9-26-22(33)29-23-27-18-6-8-20(28-21(18)34-23)30(2)19-7-5-16(24)15-17(19)25/h5-8,15H,3-4,9-14H2,1-2H3,(H2,26,27,29,33). The molecule has 2 amide bonds. The van der Waals surface area contributed by atoms with E-state index >= 15 is 0 Å². The Labute approximate surface area is 207 Å². The zero-order valence-corrected chi connectivity index (χ0v) is 20.9. The van der Waals surface area contributed by atoms with Crippen molar-refractivity contribution in [3.8, 4) is 0 Å². The number of thiazole rings is 1. The molecule has 0 atom stereocenters. The average molecular weight is 506 g/mol. The van der Waals surface area contributed by atoms with Gasteiger partial charge in [-0.2, -0.15) is 0 Å². The molecule has 2 N–H and O–H groups in total. The highest BCUT2D eigenvalue weighted by Gasteiger charge is 2.16. The SMILES string of the molecule is CCN1CCN(CCCNC(=O)Nc2nc3ccc(N(C)c4ccc(Cl)cc4F)nc3s2)CC1. The maximum Gasteiger partial charge on any atom is 0.321 e. The van der Waals surface area contributed by atoms with Crippen molar-refractivity contribution >= 4 is 56.0 Å². The summed E-state index contributed by atoms with van der Waals surface area (Å²) in [5.74, 6) is 0.136. The number of benzene rings is 1. The number of rotatable bonds is 8. The molecule has 11 heteroatoms. The molecule has 0 unspecified atom stereocenters. The van der Waals surface area contributed by atoms with Gasteiger partial charge in [-0.05, 0) is 49.8 Å². The molecule has 8 nitrogen and oxygen atoms in total. The number of hydrogen-bond donors (Lipinski definition) is 2. The number of nitrogens with one attached hydrogen (secondary N) is 2. The van der Waals surface area contributed by atoms with Gasteiger partial charge < -0.3 is 20.0 Å². The molecule has 1 fully saturated rings. The van der Waals surface area contributed by atoms with E-state index < -0.39 is 5.82 Å². The summed E-state index contributed by atoms with van der Waals surface area (Å²) in [4.78, 5) is 28.5. The van der Waals surface area contributed by atoms with Crippen LogP contribution in [-0.4, -0.2) is 78.7 Å². The number of fused-ring (bicyclic) bond motifs is 1. The molecule has 4 rings (SSSR count). The van der Waals surface area contributed by atoms with Crippen LogP contribution in [0.15, 0.2) is 30.3 Å². The van der Waals surface area contributed by atoms with Gasteiger partial charge in [-0.1, -0.05) is 29.9 Å². The zero-order valence-electron chi connectivity index (χ0n) is 19.4. The predicted molar refractivity (Wildman–Crippen MR) is 137 cm³/mol. The summed E-state index contributed by atoms with van der Waals surface area (Å²) in [6, 6.07) is 7.80. The van der Waals surface area contributed by atoms with E-state index in [-0.39, 0.29) is 6.03 Å². The Bertz CT molecular complexity index is 1140. The van der Waals surface area contributed by atoms with Gasteiger partial charge in [-0.3, -0.25) is 5.32 Å². The van der Waals surface area contributed by atoms with Crippen LogP contribution in [0.1, 0.15) is 13.3 Å². The second-order valence-electron chi connectivity index (χ2n) is 8.18. The minimum atomic E-state index is -0.427. The molecule has 0 bridgehead atoms. The highest BCUT2D eigenvalue weighted by Crippen LogP contribution is 2.30. The molecule has 1 saturated heterocycles. The lowest BCUT2D eigenvalue weighted by atomic mass is 10.2. The number of anilines is 3. The summed E-state index contributed by atoms with van der Waals surface area (Å²) in [6.07, 6.45) is 0.901. The maximum absolute atomic E-state index is 14.3. The minimum Gasteiger partial charge on any atom is -0.338 e. The molecule has 3 aromatic rings. The third-order valence-corrected chi connectivity index (χ3v) is 7.04. The summed E-state index contributed by atoms with van der Waals surface area (Å²) in [7, 11) is 1.73. The second-order valence-corrected chi connectivity index (χ2v) is 9.59. The lowest BCUT2D eigenvalue weighted by molar-refractivity contribution is 0.136. The molecule has 1 aliphatic rings. The summed E-state index contributed by atoms with van der Waals surface area (Å²) in [6.45, 7) is 9.28. The second kappa shape index (κ2) is 11.3. The van der Waals surface area contributed by atoms with E-state index in [1.165, 1.54) is 17.4 Å². The number of pyridine rings is 1. The topological polar surface area (TPSA) is 76.6 Å². The van der Waals surface area contributed by atoms with Crippen molar-refractivity contribution in [2.75, 3.05) is 63.1 Å². The monoisotopic (exact) mass is 505 g/mol. The number of aromatic nitrogens is 2. The summed E-state index contributed by atoms with van der Waals surface area (Å²) < 4.78 is 14.3. The van der Waals surface area contributed by atoms with Crippen molar-refractivity contribution < 1.29 is 9.18 Å². The van der Waals surface area contributed by atoms with Crippen LogP contribution in [-0.2, 0) is 0 Å². The van der Waals surface area contributed by atoms with E-state index in [4.69, 9.17) is 11.6 Å². The van der Waals surface area contributed by atoms with Gasteiger partial charge in [-0.15, -0.1) is 0 Å². The molecule has 1 aliphatic heterocycles. The Kier molecular flexibility index (Phi) is 8.15. The van der Waals surface area contributed by atoms with Crippen LogP contribution in [0.5, 0.6) is 0 Å². The van der Waals surface area contributed by atoms with Gasteiger partial charge >= 0.3 is 6.03 Å². The molecule has 0 spiro atoms.